The van der Waals surface area contributed by atoms with Crippen molar-refractivity contribution in [2.45, 2.75) is 23.1 Å². The molecule has 0 aromatic heterocycles. The molecule has 3 heteroatoms. The van der Waals surface area contributed by atoms with Crippen LogP contribution in [0, 0.1) is 0 Å². The van der Waals surface area contributed by atoms with Gasteiger partial charge in [0.15, 0.2) is 0 Å². The smallest absolute Gasteiger partial charge is 2.00 e. The van der Waals surface area contributed by atoms with E-state index < -0.39 is 0 Å². The van der Waals surface area contributed by atoms with E-state index in [-0.39, 0.29) is 13.5 Å². The summed E-state index contributed by atoms with van der Waals surface area (Å²) in [5, 5.41) is 0. The van der Waals surface area contributed by atoms with Crippen molar-refractivity contribution in [3.05, 3.63) is 0 Å². The Bertz CT molecular complexity index is 11.7. The summed E-state index contributed by atoms with van der Waals surface area (Å²) in [4.78, 5) is 0. The van der Waals surface area contributed by atoms with E-state index in [9.17, 15) is 0 Å². The summed E-state index contributed by atoms with van der Waals surface area (Å²) in [6, 6.07) is 0. The van der Waals surface area contributed by atoms with Gasteiger partial charge in [-0.2, -0.15) is 0 Å². The van der Waals surface area contributed by atoms with Crippen molar-refractivity contribution in [1.82, 2.24) is 0 Å². The summed E-state index contributed by atoms with van der Waals surface area (Å²) in [6.07, 6.45) is 0. The van der Waals surface area contributed by atoms with Crippen molar-refractivity contribution in [2.24, 2.45) is 0 Å². The fourth-order valence-electron chi connectivity index (χ4n) is 0. The standard InChI is InChI=1S/4CH3.2Al.S/h4*1H3;;;/q;;;;2*+1;-2. The molecule has 0 radical (unpaired) electrons. The number of rotatable bonds is 0. The molecule has 0 unspecified atom stereocenters. The second kappa shape index (κ2) is 26.2. The zero-order valence-electron chi connectivity index (χ0n) is 5.56. The second-order valence-electron chi connectivity index (χ2n) is 1.15. The summed E-state index contributed by atoms with van der Waals surface area (Å²) in [5.41, 5.74) is 0. The molecule has 0 bridgehead atoms. The summed E-state index contributed by atoms with van der Waals surface area (Å²) in [5.74, 6) is 8.83. The second-order valence-corrected chi connectivity index (χ2v) is 3.46. The molecule has 0 N–H and O–H groups in total. The normalized spacial score (nSPS) is 2.86. The fraction of sp³-hybridized carbons (Fsp3) is 1.00. The average molecular weight is 146 g/mol. The predicted molar refractivity (Wildman–Crippen MR) is 42.3 cm³/mol. The van der Waals surface area contributed by atoms with Crippen LogP contribution in [0.5, 0.6) is 0 Å². The third kappa shape index (κ3) is 109. The van der Waals surface area contributed by atoms with Crippen molar-refractivity contribution in [2.75, 3.05) is 0 Å². The fourth-order valence-corrected chi connectivity index (χ4v) is 0. The van der Waals surface area contributed by atoms with Crippen LogP contribution in [0.2, 0.25) is 23.1 Å². The Morgan fingerprint density at radius 2 is 0.714 bits per heavy atom. The molecule has 7 heavy (non-hydrogen) atoms. The van der Waals surface area contributed by atoms with Gasteiger partial charge in [-0.05, 0) is 0 Å². The van der Waals surface area contributed by atoms with Gasteiger partial charge in [0.25, 0.3) is 0 Å². The third-order valence-electron chi connectivity index (χ3n) is 0. The monoisotopic (exact) mass is 146 g/mol. The van der Waals surface area contributed by atoms with E-state index in [0.717, 1.165) is 30.4 Å². The Hall–Kier alpha value is 1.41. The zero-order valence-corrected chi connectivity index (χ0v) is 8.69. The summed E-state index contributed by atoms with van der Waals surface area (Å²) in [6.45, 7) is 0. The molecule has 0 aromatic rings. The quantitative estimate of drug-likeness (QED) is 0.455. The van der Waals surface area contributed by atoms with Crippen LogP contribution in [0.3, 0.4) is 0 Å². The van der Waals surface area contributed by atoms with E-state index in [2.05, 4.69) is 23.1 Å². The molecule has 0 saturated heterocycles. The van der Waals surface area contributed by atoms with Crippen LogP contribution >= 0.6 is 0 Å². The maximum Gasteiger partial charge on any atom is -2.00 e. The van der Waals surface area contributed by atoms with Gasteiger partial charge in [-0.3, -0.25) is 0 Å². The minimum absolute atomic E-state index is 0. The Balaban J connectivity index is -0.0000000400. The van der Waals surface area contributed by atoms with E-state index in [1.165, 1.54) is 0 Å². The molecule has 0 amide bonds. The minimum atomic E-state index is 0. The molecule has 0 fully saturated rings. The number of hydrogen-bond donors (Lipinski definition) is 0. The van der Waals surface area contributed by atoms with Gasteiger partial charge in [0, 0.05) is 0 Å². The molecule has 0 aliphatic rings. The van der Waals surface area contributed by atoms with E-state index in [1.807, 2.05) is 0 Å². The van der Waals surface area contributed by atoms with Crippen LogP contribution in [0.1, 0.15) is 0 Å². The van der Waals surface area contributed by atoms with Crippen LogP contribution < -0.4 is 0 Å². The minimum Gasteiger partial charge on any atom is -2.00 e. The van der Waals surface area contributed by atoms with Crippen molar-refractivity contribution in [3.63, 3.8) is 0 Å². The molecule has 0 rings (SSSR count). The first-order chi connectivity index (χ1) is 2.83. The van der Waals surface area contributed by atoms with Crippen molar-refractivity contribution in [3.8, 4) is 0 Å². The Morgan fingerprint density at radius 1 is 0.714 bits per heavy atom. The van der Waals surface area contributed by atoms with Crippen LogP contribution in [0.4, 0.5) is 0 Å². The maximum absolute atomic E-state index is 2.21. The third-order valence-corrected chi connectivity index (χ3v) is 0. The predicted octanol–water partition coefficient (Wildman–Crippen LogP) is 1.57. The van der Waals surface area contributed by atoms with Crippen molar-refractivity contribution in [1.29, 1.82) is 0 Å². The molecule has 0 aliphatic heterocycles. The molecule has 0 nitrogen and oxygen atoms in total. The molecule has 0 spiro atoms. The van der Waals surface area contributed by atoms with Gasteiger partial charge >= 0.3 is 53.6 Å². The molecular weight excluding hydrogens is 134 g/mol. The van der Waals surface area contributed by atoms with Gasteiger partial charge in [-0.25, -0.2) is 0 Å². The Morgan fingerprint density at radius 3 is 0.714 bits per heavy atom. The van der Waals surface area contributed by atoms with Crippen LogP contribution in [-0.4, -0.2) is 30.4 Å². The molecule has 40 valence electrons. The number of hydrogen-bond acceptors (Lipinski definition) is 0. The largest absolute Gasteiger partial charge is 2.00 e. The SMILES string of the molecule is [CH3][Al+][CH3].[CH3][Al+][CH3].[S-2]. The van der Waals surface area contributed by atoms with Gasteiger partial charge in [-0.15, -0.1) is 0 Å². The van der Waals surface area contributed by atoms with Gasteiger partial charge in [0.1, 0.15) is 0 Å². The first-order valence-corrected chi connectivity index (χ1v) is 6.93. The van der Waals surface area contributed by atoms with Crippen LogP contribution in [0.15, 0.2) is 0 Å². The van der Waals surface area contributed by atoms with E-state index in [0.29, 0.717) is 0 Å². The van der Waals surface area contributed by atoms with Gasteiger partial charge in [0.2, 0.25) is 0 Å². The molecule has 0 aliphatic carbocycles. The molecule has 0 atom stereocenters. The maximum atomic E-state index is 2.21. The van der Waals surface area contributed by atoms with Crippen LogP contribution in [-0.2, 0) is 13.5 Å². The van der Waals surface area contributed by atoms with Crippen molar-refractivity contribution >= 4 is 43.9 Å². The van der Waals surface area contributed by atoms with Gasteiger partial charge < -0.3 is 13.5 Å². The van der Waals surface area contributed by atoms with Crippen molar-refractivity contribution < 1.29 is 0 Å². The first kappa shape index (κ1) is 15.8. The van der Waals surface area contributed by atoms with Crippen LogP contribution in [0.25, 0.3) is 0 Å². The van der Waals surface area contributed by atoms with E-state index in [4.69, 9.17) is 0 Å². The van der Waals surface area contributed by atoms with Gasteiger partial charge in [0.05, 0.1) is 0 Å². The Labute approximate surface area is 66.9 Å². The van der Waals surface area contributed by atoms with Gasteiger partial charge in [-0.1, -0.05) is 0 Å². The molecular formula is C4H12Al2S. The summed E-state index contributed by atoms with van der Waals surface area (Å²) >= 11 is 1.50. The van der Waals surface area contributed by atoms with E-state index in [1.54, 1.807) is 0 Å². The zero-order chi connectivity index (χ0) is 5.41. The first-order valence-electron chi connectivity index (χ1n) is 2.31. The summed E-state index contributed by atoms with van der Waals surface area (Å²) in [7, 11) is 0. The molecule has 0 aromatic carbocycles. The topological polar surface area (TPSA) is 0 Å². The Kier molecular flexibility index (Phi) is 59.0. The molecule has 0 heterocycles. The average Bonchev–Trinajstić information content (AvgIpc) is 1.39. The van der Waals surface area contributed by atoms with E-state index >= 15 is 0 Å². The molecule has 0 saturated carbocycles. The summed E-state index contributed by atoms with van der Waals surface area (Å²) < 4.78 is 0.